The Morgan fingerprint density at radius 2 is 2.00 bits per heavy atom. The van der Waals surface area contributed by atoms with Crippen LogP contribution in [0.1, 0.15) is 62.9 Å². The molecular formula is C22H31AsFN2O4. The average Bonchev–Trinajstić information content (AvgIpc) is 3.34. The van der Waals surface area contributed by atoms with Crippen LogP contribution in [-0.2, 0) is 9.47 Å². The van der Waals surface area contributed by atoms with Gasteiger partial charge in [0.25, 0.3) is 0 Å². The van der Waals surface area contributed by atoms with E-state index in [1.807, 2.05) is 32.6 Å². The van der Waals surface area contributed by atoms with E-state index in [2.05, 4.69) is 5.32 Å². The SMILES string of the molecule is CCOC(=O)c1cc(F)c(N2CCC([As]C(=O)OC(C)(C)C)C2)c(C)c1NC1CC1. The van der Waals surface area contributed by atoms with Gasteiger partial charge in [-0.1, -0.05) is 0 Å². The fraction of sp³-hybridized carbons (Fsp3) is 0.636. The standard InChI is InChI=1S/C22H31AsFN2O4/c1-6-29-20(27)16-11-17(24)19(13(2)18(16)25-15-7-8-15)26-10-9-14(12-26)23-21(28)30-22(3,4)5/h11,14-15,25H,6-10,12H2,1-5H3. The van der Waals surface area contributed by atoms with Crippen LogP contribution in [0.5, 0.6) is 0 Å². The molecule has 1 saturated carbocycles. The Kier molecular flexibility index (Phi) is 7.01. The summed E-state index contributed by atoms with van der Waals surface area (Å²) in [6.45, 7) is 10.7. The van der Waals surface area contributed by atoms with Crippen molar-refractivity contribution < 1.29 is 23.5 Å². The van der Waals surface area contributed by atoms with Gasteiger partial charge in [0.05, 0.1) is 0 Å². The number of carbonyl (C=O) groups excluding carboxylic acids is 2. The zero-order chi connectivity index (χ0) is 22.1. The normalized spacial score (nSPS) is 19.4. The Morgan fingerprint density at radius 1 is 1.30 bits per heavy atom. The Morgan fingerprint density at radius 3 is 2.60 bits per heavy atom. The number of hydrogen-bond donors (Lipinski definition) is 1. The molecule has 1 aromatic rings. The maximum absolute atomic E-state index is 15.1. The number of carbonyl (C=O) groups is 2. The Bertz CT molecular complexity index is 820. The molecular weight excluding hydrogens is 450 g/mol. The molecule has 1 radical (unpaired) electrons. The number of anilines is 2. The number of halogens is 1. The molecule has 2 aliphatic rings. The molecule has 1 saturated heterocycles. The third kappa shape index (κ3) is 5.69. The first-order valence-corrected chi connectivity index (χ1v) is 12.6. The molecule has 0 spiro atoms. The number of ether oxygens (including phenoxy) is 2. The molecule has 6 nitrogen and oxygen atoms in total. The number of benzene rings is 1. The molecule has 0 aromatic heterocycles. The van der Waals surface area contributed by atoms with E-state index in [1.54, 1.807) is 6.92 Å². The number of hydrogen-bond acceptors (Lipinski definition) is 6. The van der Waals surface area contributed by atoms with Gasteiger partial charge in [0, 0.05) is 0 Å². The average molecular weight is 481 g/mol. The summed E-state index contributed by atoms with van der Waals surface area (Å²) in [7, 11) is 0. The van der Waals surface area contributed by atoms with E-state index in [-0.39, 0.29) is 21.6 Å². The first-order valence-electron chi connectivity index (χ1n) is 10.5. The number of rotatable bonds is 7. The molecule has 1 unspecified atom stereocenters. The van der Waals surface area contributed by atoms with Crippen LogP contribution in [0.25, 0.3) is 0 Å². The van der Waals surface area contributed by atoms with E-state index >= 15 is 4.39 Å². The van der Waals surface area contributed by atoms with Crippen LogP contribution in [0.4, 0.5) is 20.6 Å². The monoisotopic (exact) mass is 481 g/mol. The minimum atomic E-state index is -0.631. The molecule has 1 aliphatic carbocycles. The number of esters is 1. The maximum atomic E-state index is 15.1. The summed E-state index contributed by atoms with van der Waals surface area (Å²) in [5.41, 5.74) is 1.66. The van der Waals surface area contributed by atoms with E-state index < -0.39 is 33.1 Å². The molecule has 1 aliphatic heterocycles. The Balaban J connectivity index is 1.80. The van der Waals surface area contributed by atoms with Gasteiger partial charge in [-0.3, -0.25) is 0 Å². The molecule has 1 aromatic carbocycles. The van der Waals surface area contributed by atoms with Crippen LogP contribution in [0.2, 0.25) is 4.71 Å². The summed E-state index contributed by atoms with van der Waals surface area (Å²) in [6, 6.07) is 1.61. The predicted octanol–water partition coefficient (Wildman–Crippen LogP) is 4.52. The minimum absolute atomic E-state index is 0.128. The van der Waals surface area contributed by atoms with Crippen molar-refractivity contribution >= 4 is 37.9 Å². The van der Waals surface area contributed by atoms with E-state index in [0.717, 1.165) is 24.8 Å². The first kappa shape index (κ1) is 22.9. The van der Waals surface area contributed by atoms with Crippen molar-refractivity contribution in [1.29, 1.82) is 0 Å². The summed E-state index contributed by atoms with van der Waals surface area (Å²) >= 11 is -0.631. The second-order valence-corrected chi connectivity index (χ2v) is 11.7. The molecule has 0 bridgehead atoms. The second-order valence-electron chi connectivity index (χ2n) is 8.89. The van der Waals surface area contributed by atoms with Crippen LogP contribution < -0.4 is 10.2 Å². The molecule has 2 fully saturated rings. The zero-order valence-corrected chi connectivity index (χ0v) is 20.3. The van der Waals surface area contributed by atoms with Crippen LogP contribution in [0.3, 0.4) is 0 Å². The van der Waals surface area contributed by atoms with Gasteiger partial charge in [-0.05, 0) is 0 Å². The van der Waals surface area contributed by atoms with Crippen molar-refractivity contribution in [3.05, 3.63) is 23.0 Å². The van der Waals surface area contributed by atoms with Crippen LogP contribution in [-0.4, -0.2) is 57.8 Å². The number of nitrogens with zero attached hydrogens (tertiary/aromatic N) is 1. The van der Waals surface area contributed by atoms with Crippen molar-refractivity contribution in [3.8, 4) is 0 Å². The topological polar surface area (TPSA) is 67.9 Å². The zero-order valence-electron chi connectivity index (χ0n) is 18.4. The number of nitrogens with one attached hydrogen (secondary N) is 1. The molecule has 8 heteroatoms. The predicted molar refractivity (Wildman–Crippen MR) is 116 cm³/mol. The fourth-order valence-corrected chi connectivity index (χ4v) is 6.04. The van der Waals surface area contributed by atoms with Gasteiger partial charge in [0.15, 0.2) is 0 Å². The van der Waals surface area contributed by atoms with Crippen molar-refractivity contribution in [3.63, 3.8) is 0 Å². The molecule has 0 amide bonds. The van der Waals surface area contributed by atoms with E-state index in [4.69, 9.17) is 9.47 Å². The summed E-state index contributed by atoms with van der Waals surface area (Å²) < 4.78 is 25.8. The third-order valence-corrected chi connectivity index (χ3v) is 7.36. The molecule has 1 atom stereocenters. The molecule has 1 heterocycles. The Labute approximate surface area is 184 Å². The summed E-state index contributed by atoms with van der Waals surface area (Å²) in [5, 5.41) is 3.39. The van der Waals surface area contributed by atoms with Crippen LogP contribution >= 0.6 is 0 Å². The summed E-state index contributed by atoms with van der Waals surface area (Å²) in [6.07, 6.45) is 2.92. The second kappa shape index (κ2) is 9.17. The fourth-order valence-electron chi connectivity index (χ4n) is 3.63. The molecule has 30 heavy (non-hydrogen) atoms. The van der Waals surface area contributed by atoms with Gasteiger partial charge in [0.1, 0.15) is 0 Å². The van der Waals surface area contributed by atoms with Crippen molar-refractivity contribution in [2.45, 2.75) is 70.2 Å². The van der Waals surface area contributed by atoms with Crippen LogP contribution in [0.15, 0.2) is 6.07 Å². The van der Waals surface area contributed by atoms with Gasteiger partial charge >= 0.3 is 184 Å². The van der Waals surface area contributed by atoms with Gasteiger partial charge in [0.2, 0.25) is 0 Å². The quantitative estimate of drug-likeness (QED) is 0.456. The first-order chi connectivity index (χ1) is 14.1. The van der Waals surface area contributed by atoms with E-state index in [0.29, 0.717) is 30.5 Å². The van der Waals surface area contributed by atoms with E-state index in [1.165, 1.54) is 6.07 Å². The van der Waals surface area contributed by atoms with Gasteiger partial charge in [-0.25, -0.2) is 0 Å². The third-order valence-electron chi connectivity index (χ3n) is 5.08. The van der Waals surface area contributed by atoms with Gasteiger partial charge in [-0.15, -0.1) is 0 Å². The van der Waals surface area contributed by atoms with Crippen LogP contribution in [0, 0.1) is 12.7 Å². The molecule has 3 rings (SSSR count). The van der Waals surface area contributed by atoms with Crippen molar-refractivity contribution in [1.82, 2.24) is 0 Å². The van der Waals surface area contributed by atoms with Gasteiger partial charge < -0.3 is 0 Å². The molecule has 165 valence electrons. The summed E-state index contributed by atoms with van der Waals surface area (Å²) in [4.78, 5) is 26.6. The molecule has 1 N–H and O–H groups in total. The van der Waals surface area contributed by atoms with E-state index in [9.17, 15) is 9.59 Å². The Hall–Kier alpha value is -1.75. The van der Waals surface area contributed by atoms with Crippen molar-refractivity contribution in [2.24, 2.45) is 0 Å². The van der Waals surface area contributed by atoms with Gasteiger partial charge in [-0.2, -0.15) is 0 Å². The van der Waals surface area contributed by atoms with Crippen molar-refractivity contribution in [2.75, 3.05) is 29.9 Å². The summed E-state index contributed by atoms with van der Waals surface area (Å²) in [5.74, 6) is -0.936.